The first-order valence-electron chi connectivity index (χ1n) is 4.92. The molecule has 0 atom stereocenters. The summed E-state index contributed by atoms with van der Waals surface area (Å²) in [5.74, 6) is -0.901. The molecule has 2 aromatic rings. The Balaban J connectivity index is 2.01. The van der Waals surface area contributed by atoms with E-state index in [9.17, 15) is 9.18 Å². The van der Waals surface area contributed by atoms with Crippen LogP contribution in [0.25, 0.3) is 0 Å². The summed E-state index contributed by atoms with van der Waals surface area (Å²) < 4.78 is 14.3. The van der Waals surface area contributed by atoms with Crippen molar-refractivity contribution in [2.75, 3.05) is 0 Å². The van der Waals surface area contributed by atoms with Crippen LogP contribution in [0.4, 0.5) is 4.39 Å². The molecule has 1 aromatic heterocycles. The van der Waals surface area contributed by atoms with Crippen molar-refractivity contribution in [1.29, 1.82) is 0 Å². The molecule has 1 heterocycles. The standard InChI is InChI=1S/C12H9BrFNOS/c13-11-5-8(7-17-11)6-15-12(16)9-3-1-2-4-10(9)14/h1-5,7H,6H2,(H,15,16). The molecule has 17 heavy (non-hydrogen) atoms. The summed E-state index contributed by atoms with van der Waals surface area (Å²) in [6, 6.07) is 7.86. The SMILES string of the molecule is O=C(NCc1csc(Br)c1)c1ccccc1F. The molecule has 0 bridgehead atoms. The van der Waals surface area contributed by atoms with Crippen LogP contribution in [0.1, 0.15) is 15.9 Å². The Morgan fingerprint density at radius 3 is 2.82 bits per heavy atom. The minimum Gasteiger partial charge on any atom is -0.348 e. The molecular weight excluding hydrogens is 305 g/mol. The van der Waals surface area contributed by atoms with Crippen LogP contribution >= 0.6 is 27.3 Å². The van der Waals surface area contributed by atoms with Crippen LogP contribution in [-0.2, 0) is 6.54 Å². The second-order valence-corrected chi connectivity index (χ2v) is 5.71. The monoisotopic (exact) mass is 313 g/mol. The van der Waals surface area contributed by atoms with Crippen molar-refractivity contribution in [3.8, 4) is 0 Å². The number of benzene rings is 1. The van der Waals surface area contributed by atoms with Crippen molar-refractivity contribution >= 4 is 33.2 Å². The summed E-state index contributed by atoms with van der Waals surface area (Å²) in [6.07, 6.45) is 0. The number of nitrogens with one attached hydrogen (secondary N) is 1. The molecule has 5 heteroatoms. The molecular formula is C12H9BrFNOS. The highest BCUT2D eigenvalue weighted by Gasteiger charge is 2.10. The number of thiophene rings is 1. The third kappa shape index (κ3) is 3.14. The number of rotatable bonds is 3. The highest BCUT2D eigenvalue weighted by atomic mass is 79.9. The van der Waals surface area contributed by atoms with Gasteiger partial charge in [0.05, 0.1) is 9.35 Å². The molecule has 1 aromatic carbocycles. The van der Waals surface area contributed by atoms with E-state index in [0.717, 1.165) is 9.35 Å². The lowest BCUT2D eigenvalue weighted by atomic mass is 10.2. The van der Waals surface area contributed by atoms with E-state index in [1.54, 1.807) is 23.5 Å². The van der Waals surface area contributed by atoms with Crippen LogP contribution in [0.2, 0.25) is 0 Å². The van der Waals surface area contributed by atoms with E-state index in [0.29, 0.717) is 6.54 Å². The molecule has 1 amide bonds. The average molecular weight is 314 g/mol. The summed E-state index contributed by atoms with van der Waals surface area (Å²) >= 11 is 4.89. The number of amides is 1. The van der Waals surface area contributed by atoms with Gasteiger partial charge >= 0.3 is 0 Å². The van der Waals surface area contributed by atoms with Gasteiger partial charge in [-0.2, -0.15) is 0 Å². The van der Waals surface area contributed by atoms with Crippen LogP contribution in [0.5, 0.6) is 0 Å². The van der Waals surface area contributed by atoms with Crippen LogP contribution in [0.15, 0.2) is 39.5 Å². The lowest BCUT2D eigenvalue weighted by Gasteiger charge is -2.04. The number of halogens is 2. The van der Waals surface area contributed by atoms with Gasteiger partial charge in [0, 0.05) is 6.54 Å². The predicted molar refractivity (Wildman–Crippen MR) is 69.6 cm³/mol. The van der Waals surface area contributed by atoms with E-state index in [1.807, 2.05) is 11.4 Å². The fraction of sp³-hybridized carbons (Fsp3) is 0.0833. The van der Waals surface area contributed by atoms with Crippen LogP contribution in [0, 0.1) is 5.82 Å². The van der Waals surface area contributed by atoms with E-state index in [4.69, 9.17) is 0 Å². The maximum absolute atomic E-state index is 13.3. The molecule has 0 spiro atoms. The summed E-state index contributed by atoms with van der Waals surface area (Å²) in [7, 11) is 0. The molecule has 0 unspecified atom stereocenters. The van der Waals surface area contributed by atoms with Crippen LogP contribution in [0.3, 0.4) is 0 Å². The smallest absolute Gasteiger partial charge is 0.254 e. The van der Waals surface area contributed by atoms with Gasteiger partial charge in [0.1, 0.15) is 5.82 Å². The zero-order valence-corrected chi connectivity index (χ0v) is 11.1. The second-order valence-electron chi connectivity index (χ2n) is 3.42. The van der Waals surface area contributed by atoms with Gasteiger partial charge in [-0.15, -0.1) is 11.3 Å². The average Bonchev–Trinajstić information content (AvgIpc) is 2.73. The molecule has 0 saturated carbocycles. The minimum atomic E-state index is -0.503. The van der Waals surface area contributed by atoms with E-state index in [1.165, 1.54) is 12.1 Å². The van der Waals surface area contributed by atoms with Crippen LogP contribution in [-0.4, -0.2) is 5.91 Å². The van der Waals surface area contributed by atoms with Crippen molar-refractivity contribution in [3.05, 3.63) is 56.4 Å². The summed E-state index contributed by atoms with van der Waals surface area (Å²) in [5.41, 5.74) is 1.06. The van der Waals surface area contributed by atoms with Crippen molar-refractivity contribution in [3.63, 3.8) is 0 Å². The molecule has 0 aliphatic carbocycles. The fourth-order valence-electron chi connectivity index (χ4n) is 1.36. The zero-order valence-electron chi connectivity index (χ0n) is 8.74. The maximum Gasteiger partial charge on any atom is 0.254 e. The fourth-order valence-corrected chi connectivity index (χ4v) is 2.57. The number of carbonyl (C=O) groups excluding carboxylic acids is 1. The molecule has 2 rings (SSSR count). The number of carbonyl (C=O) groups is 1. The lowest BCUT2D eigenvalue weighted by Crippen LogP contribution is -2.23. The van der Waals surface area contributed by atoms with Gasteiger partial charge in [-0.05, 0) is 45.1 Å². The Kier molecular flexibility index (Phi) is 3.91. The molecule has 0 radical (unpaired) electrons. The van der Waals surface area contributed by atoms with Crippen molar-refractivity contribution in [2.45, 2.75) is 6.54 Å². The topological polar surface area (TPSA) is 29.1 Å². The van der Waals surface area contributed by atoms with E-state index >= 15 is 0 Å². The number of hydrogen-bond donors (Lipinski definition) is 1. The Hall–Kier alpha value is -1.20. The quantitative estimate of drug-likeness (QED) is 0.922. The van der Waals surface area contributed by atoms with Crippen molar-refractivity contribution in [1.82, 2.24) is 5.32 Å². The predicted octanol–water partition coefficient (Wildman–Crippen LogP) is 3.58. The van der Waals surface area contributed by atoms with E-state index in [-0.39, 0.29) is 5.56 Å². The molecule has 0 fully saturated rings. The van der Waals surface area contributed by atoms with Gasteiger partial charge < -0.3 is 5.32 Å². The molecule has 1 N–H and O–H groups in total. The summed E-state index contributed by atoms with van der Waals surface area (Å²) in [4.78, 5) is 11.7. The van der Waals surface area contributed by atoms with Crippen molar-refractivity contribution in [2.24, 2.45) is 0 Å². The Bertz CT molecular complexity index is 541. The third-order valence-corrected chi connectivity index (χ3v) is 3.75. The van der Waals surface area contributed by atoms with E-state index in [2.05, 4.69) is 21.2 Å². The van der Waals surface area contributed by atoms with E-state index < -0.39 is 11.7 Å². The van der Waals surface area contributed by atoms with Gasteiger partial charge in [0.2, 0.25) is 0 Å². The lowest BCUT2D eigenvalue weighted by molar-refractivity contribution is 0.0947. The van der Waals surface area contributed by atoms with Gasteiger partial charge in [0.15, 0.2) is 0 Å². The first kappa shape index (κ1) is 12.3. The van der Waals surface area contributed by atoms with Gasteiger partial charge in [0.25, 0.3) is 5.91 Å². The first-order chi connectivity index (χ1) is 8.16. The zero-order chi connectivity index (χ0) is 12.3. The Labute approximate surface area is 111 Å². The van der Waals surface area contributed by atoms with Gasteiger partial charge in [-0.3, -0.25) is 4.79 Å². The Morgan fingerprint density at radius 1 is 1.41 bits per heavy atom. The highest BCUT2D eigenvalue weighted by Crippen LogP contribution is 2.20. The Morgan fingerprint density at radius 2 is 2.18 bits per heavy atom. The molecule has 88 valence electrons. The summed E-state index contributed by atoms with van der Waals surface area (Å²) in [5, 5.41) is 4.61. The molecule has 0 aliphatic rings. The van der Waals surface area contributed by atoms with Gasteiger partial charge in [-0.25, -0.2) is 4.39 Å². The highest BCUT2D eigenvalue weighted by molar-refractivity contribution is 9.11. The second kappa shape index (κ2) is 5.42. The summed E-state index contributed by atoms with van der Waals surface area (Å²) in [6.45, 7) is 0.398. The minimum absolute atomic E-state index is 0.0711. The number of hydrogen-bond acceptors (Lipinski definition) is 2. The first-order valence-corrected chi connectivity index (χ1v) is 6.60. The molecule has 2 nitrogen and oxygen atoms in total. The van der Waals surface area contributed by atoms with Gasteiger partial charge in [-0.1, -0.05) is 12.1 Å². The maximum atomic E-state index is 13.3. The third-order valence-electron chi connectivity index (χ3n) is 2.19. The molecule has 0 aliphatic heterocycles. The largest absolute Gasteiger partial charge is 0.348 e. The normalized spacial score (nSPS) is 10.2. The molecule has 0 saturated heterocycles. The van der Waals surface area contributed by atoms with Crippen LogP contribution < -0.4 is 5.32 Å². The van der Waals surface area contributed by atoms with Crippen molar-refractivity contribution < 1.29 is 9.18 Å².